The number of carbonyl (C=O) groups is 4. The molecule has 1 saturated heterocycles. The number of carboxylic acid groups (broad SMARTS) is 2. The smallest absolute Gasteiger partial charge is 0.408 e. The highest BCUT2D eigenvalue weighted by Gasteiger charge is 2.37. The fourth-order valence-corrected chi connectivity index (χ4v) is 3.51. The van der Waals surface area contributed by atoms with Crippen LogP contribution in [0.3, 0.4) is 0 Å². The number of carbonyl (C=O) groups excluding carboxylic acids is 2. The Labute approximate surface area is 182 Å². The molecule has 1 amide bonds. The third-order valence-electron chi connectivity index (χ3n) is 5.23. The van der Waals surface area contributed by atoms with Crippen molar-refractivity contribution < 1.29 is 43.6 Å². The molecule has 0 aromatic heterocycles. The highest BCUT2D eigenvalue weighted by atomic mass is 16.6. The number of alkyl carbamates (subject to hydrolysis) is 1. The number of hydrogen-bond acceptors (Lipinski definition) is 7. The van der Waals surface area contributed by atoms with Gasteiger partial charge in [-0.3, -0.25) is 9.59 Å². The maximum atomic E-state index is 12.7. The van der Waals surface area contributed by atoms with Crippen LogP contribution in [0.5, 0.6) is 0 Å². The summed E-state index contributed by atoms with van der Waals surface area (Å²) in [6.07, 6.45) is -1.07. The van der Waals surface area contributed by atoms with Crippen LogP contribution in [0.4, 0.5) is 4.79 Å². The second kappa shape index (κ2) is 11.3. The van der Waals surface area contributed by atoms with Gasteiger partial charge in [-0.25, -0.2) is 9.59 Å². The van der Waals surface area contributed by atoms with Gasteiger partial charge < -0.3 is 29.7 Å². The Bertz CT molecular complexity index is 658. The van der Waals surface area contributed by atoms with E-state index in [2.05, 4.69) is 5.32 Å². The van der Waals surface area contributed by atoms with E-state index in [0.29, 0.717) is 0 Å². The van der Waals surface area contributed by atoms with Gasteiger partial charge in [0.25, 0.3) is 0 Å². The van der Waals surface area contributed by atoms with Gasteiger partial charge in [0, 0.05) is 12.5 Å². The molecule has 6 atom stereocenters. The Morgan fingerprint density at radius 3 is 2.16 bits per heavy atom. The van der Waals surface area contributed by atoms with Crippen LogP contribution in [0.2, 0.25) is 0 Å². The molecular formula is C21H35NO9. The van der Waals surface area contributed by atoms with Crippen molar-refractivity contribution in [1.82, 2.24) is 5.32 Å². The van der Waals surface area contributed by atoms with E-state index < -0.39 is 59.5 Å². The first-order chi connectivity index (χ1) is 14.2. The molecule has 2 unspecified atom stereocenters. The van der Waals surface area contributed by atoms with Crippen molar-refractivity contribution in [2.75, 3.05) is 13.2 Å². The van der Waals surface area contributed by atoms with E-state index in [1.165, 1.54) is 0 Å². The fourth-order valence-electron chi connectivity index (χ4n) is 3.51. The molecule has 3 N–H and O–H groups in total. The monoisotopic (exact) mass is 445 g/mol. The first-order valence-corrected chi connectivity index (χ1v) is 10.4. The SMILES string of the molecule is CC(C[C@@H]1COC[C@H](NC(=O)OC(C)(C)C)C(=O)O[C@@H](C)[C@H]1CC(C)C(=O)O)C(=O)O. The first-order valence-electron chi connectivity index (χ1n) is 10.4. The molecule has 31 heavy (non-hydrogen) atoms. The van der Waals surface area contributed by atoms with Crippen molar-refractivity contribution >= 4 is 24.0 Å². The number of nitrogens with one attached hydrogen (secondary N) is 1. The molecule has 0 saturated carbocycles. The van der Waals surface area contributed by atoms with Crippen molar-refractivity contribution in [2.45, 2.75) is 72.1 Å². The molecule has 0 aliphatic carbocycles. The van der Waals surface area contributed by atoms with Gasteiger partial charge in [0.05, 0.1) is 18.4 Å². The summed E-state index contributed by atoms with van der Waals surface area (Å²) in [4.78, 5) is 47.5. The quantitative estimate of drug-likeness (QED) is 0.502. The highest BCUT2D eigenvalue weighted by molar-refractivity contribution is 5.81. The third kappa shape index (κ3) is 9.12. The van der Waals surface area contributed by atoms with E-state index in [0.717, 1.165) is 0 Å². The lowest BCUT2D eigenvalue weighted by Crippen LogP contribution is -2.47. The molecule has 0 aromatic carbocycles. The second-order valence-electron chi connectivity index (χ2n) is 9.25. The zero-order valence-corrected chi connectivity index (χ0v) is 19.0. The van der Waals surface area contributed by atoms with E-state index in [4.69, 9.17) is 14.2 Å². The van der Waals surface area contributed by atoms with Crippen LogP contribution < -0.4 is 5.32 Å². The van der Waals surface area contributed by atoms with Gasteiger partial charge in [0.1, 0.15) is 11.7 Å². The summed E-state index contributed by atoms with van der Waals surface area (Å²) < 4.78 is 16.4. The minimum Gasteiger partial charge on any atom is -0.481 e. The number of ether oxygens (including phenoxy) is 3. The molecule has 1 aliphatic rings. The molecule has 178 valence electrons. The molecule has 0 aromatic rings. The molecule has 1 heterocycles. The number of aliphatic carboxylic acids is 2. The van der Waals surface area contributed by atoms with E-state index in [-0.39, 0.29) is 32.0 Å². The van der Waals surface area contributed by atoms with E-state index in [1.54, 1.807) is 41.5 Å². The van der Waals surface area contributed by atoms with Gasteiger partial charge >= 0.3 is 24.0 Å². The zero-order chi connectivity index (χ0) is 23.9. The number of esters is 1. The van der Waals surface area contributed by atoms with Crippen LogP contribution in [0.25, 0.3) is 0 Å². The molecule has 0 radical (unpaired) electrons. The van der Waals surface area contributed by atoms with Crippen LogP contribution in [-0.4, -0.2) is 65.2 Å². The van der Waals surface area contributed by atoms with E-state index in [1.807, 2.05) is 0 Å². The molecule has 10 heteroatoms. The molecule has 10 nitrogen and oxygen atoms in total. The lowest BCUT2D eigenvalue weighted by atomic mass is 9.77. The summed E-state index contributed by atoms with van der Waals surface area (Å²) in [7, 11) is 0. The average Bonchev–Trinajstić information content (AvgIpc) is 2.65. The Kier molecular flexibility index (Phi) is 9.73. The molecule has 1 aliphatic heterocycles. The topological polar surface area (TPSA) is 148 Å². The Hall–Kier alpha value is -2.36. The van der Waals surface area contributed by atoms with Crippen LogP contribution >= 0.6 is 0 Å². The minimum absolute atomic E-state index is 0.0993. The second-order valence-corrected chi connectivity index (χ2v) is 9.25. The Morgan fingerprint density at radius 1 is 1.10 bits per heavy atom. The van der Waals surface area contributed by atoms with Gasteiger partial charge in [-0.1, -0.05) is 13.8 Å². The molecule has 1 fully saturated rings. The zero-order valence-electron chi connectivity index (χ0n) is 19.0. The van der Waals surface area contributed by atoms with Crippen molar-refractivity contribution in [2.24, 2.45) is 23.7 Å². The van der Waals surface area contributed by atoms with Crippen molar-refractivity contribution in [3.63, 3.8) is 0 Å². The summed E-state index contributed by atoms with van der Waals surface area (Å²) in [6.45, 7) is 9.75. The van der Waals surface area contributed by atoms with Crippen LogP contribution in [0.1, 0.15) is 54.4 Å². The summed E-state index contributed by atoms with van der Waals surface area (Å²) in [6, 6.07) is -1.11. The summed E-state index contributed by atoms with van der Waals surface area (Å²) in [5.41, 5.74) is -0.753. The molecule has 0 bridgehead atoms. The predicted octanol–water partition coefficient (Wildman–Crippen LogP) is 2.30. The van der Waals surface area contributed by atoms with Gasteiger partial charge in [0.2, 0.25) is 0 Å². The first kappa shape index (κ1) is 26.7. The molecular weight excluding hydrogens is 410 g/mol. The lowest BCUT2D eigenvalue weighted by Gasteiger charge is -2.32. The van der Waals surface area contributed by atoms with E-state index in [9.17, 15) is 29.4 Å². The Morgan fingerprint density at radius 2 is 1.65 bits per heavy atom. The van der Waals surface area contributed by atoms with Crippen molar-refractivity contribution in [1.29, 1.82) is 0 Å². The number of cyclic esters (lactones) is 1. The maximum Gasteiger partial charge on any atom is 0.408 e. The summed E-state index contributed by atoms with van der Waals surface area (Å²) in [5, 5.41) is 21.1. The lowest BCUT2D eigenvalue weighted by molar-refractivity contribution is -0.155. The van der Waals surface area contributed by atoms with Gasteiger partial charge in [-0.2, -0.15) is 0 Å². The van der Waals surface area contributed by atoms with Crippen LogP contribution in [0.15, 0.2) is 0 Å². The number of hydrogen-bond donors (Lipinski definition) is 3. The van der Waals surface area contributed by atoms with Gasteiger partial charge in [0.15, 0.2) is 6.04 Å². The average molecular weight is 446 g/mol. The van der Waals surface area contributed by atoms with Crippen LogP contribution in [-0.2, 0) is 28.6 Å². The fraction of sp³-hybridized carbons (Fsp3) is 0.810. The minimum atomic E-state index is -1.11. The predicted molar refractivity (Wildman–Crippen MR) is 109 cm³/mol. The number of amides is 1. The Balaban J connectivity index is 3.05. The third-order valence-corrected chi connectivity index (χ3v) is 5.23. The molecule has 0 spiro atoms. The van der Waals surface area contributed by atoms with Crippen molar-refractivity contribution in [3.8, 4) is 0 Å². The normalized spacial score (nSPS) is 27.0. The number of carboxylic acids is 2. The maximum absolute atomic E-state index is 12.7. The largest absolute Gasteiger partial charge is 0.481 e. The molecule has 1 rings (SSSR count). The number of rotatable bonds is 7. The standard InChI is InChI=1S/C21H35NO9/c1-11(17(23)24)7-14-9-29-10-16(22-20(28)31-21(4,5)6)19(27)30-13(3)15(14)8-12(2)18(25)26/h11-16H,7-10H2,1-6H3,(H,22,28)(H,23,24)(H,25,26)/t11?,12?,13-,14+,15+,16-/m0/s1. The van der Waals surface area contributed by atoms with E-state index >= 15 is 0 Å². The van der Waals surface area contributed by atoms with Crippen molar-refractivity contribution in [3.05, 3.63) is 0 Å². The summed E-state index contributed by atoms with van der Waals surface area (Å²) in [5.74, 6) is -4.87. The van der Waals surface area contributed by atoms with Gasteiger partial charge in [-0.15, -0.1) is 0 Å². The van der Waals surface area contributed by atoms with Gasteiger partial charge in [-0.05, 0) is 46.5 Å². The summed E-state index contributed by atoms with van der Waals surface area (Å²) >= 11 is 0. The highest BCUT2D eigenvalue weighted by Crippen LogP contribution is 2.32. The van der Waals surface area contributed by atoms with Crippen LogP contribution in [0, 0.1) is 23.7 Å².